The van der Waals surface area contributed by atoms with Gasteiger partial charge in [-0.25, -0.2) is 0 Å². The van der Waals surface area contributed by atoms with E-state index >= 15 is 0 Å². The molecule has 0 N–H and O–H groups in total. The molecule has 2 aromatic carbocycles. The standard InChI is InChI=1S/C13H5Cl2NOS/c14-6-1-3-9-7(5-6)11-10(18-9)4-2-8-12(11)16-13(15)17-8/h1-5H. The van der Waals surface area contributed by atoms with Gasteiger partial charge in [0.2, 0.25) is 0 Å². The first-order valence-corrected chi connectivity index (χ1v) is 6.86. The summed E-state index contributed by atoms with van der Waals surface area (Å²) in [4.78, 5) is 4.26. The summed E-state index contributed by atoms with van der Waals surface area (Å²) in [6.45, 7) is 0. The summed E-state index contributed by atoms with van der Waals surface area (Å²) in [7, 11) is 0. The van der Waals surface area contributed by atoms with Crippen molar-refractivity contribution in [3.63, 3.8) is 0 Å². The summed E-state index contributed by atoms with van der Waals surface area (Å²) in [5.74, 6) is 0. The van der Waals surface area contributed by atoms with Gasteiger partial charge in [-0.2, -0.15) is 4.98 Å². The van der Waals surface area contributed by atoms with Crippen molar-refractivity contribution in [1.82, 2.24) is 4.98 Å². The quantitative estimate of drug-likeness (QED) is 0.428. The molecule has 2 heterocycles. The Balaban J connectivity index is 2.34. The molecule has 0 unspecified atom stereocenters. The van der Waals surface area contributed by atoms with Crippen LogP contribution in [-0.2, 0) is 0 Å². The number of aromatic nitrogens is 1. The van der Waals surface area contributed by atoms with Crippen molar-refractivity contribution >= 4 is 65.8 Å². The maximum Gasteiger partial charge on any atom is 0.293 e. The number of thiophene rings is 1. The van der Waals surface area contributed by atoms with Gasteiger partial charge in [-0.15, -0.1) is 11.3 Å². The maximum absolute atomic E-state index is 6.07. The number of rotatable bonds is 0. The van der Waals surface area contributed by atoms with Crippen LogP contribution in [0.2, 0.25) is 10.4 Å². The molecule has 18 heavy (non-hydrogen) atoms. The molecule has 4 rings (SSSR count). The van der Waals surface area contributed by atoms with Crippen LogP contribution in [0.1, 0.15) is 0 Å². The molecule has 0 fully saturated rings. The molecule has 0 aliphatic heterocycles. The third kappa shape index (κ3) is 1.38. The van der Waals surface area contributed by atoms with E-state index in [0.717, 1.165) is 21.0 Å². The van der Waals surface area contributed by atoms with Crippen molar-refractivity contribution in [2.75, 3.05) is 0 Å². The lowest BCUT2D eigenvalue weighted by atomic mass is 10.1. The molecule has 0 spiro atoms. The molecule has 0 bridgehead atoms. The Kier molecular flexibility index (Phi) is 2.13. The number of halogens is 2. The molecular formula is C13H5Cl2NOS. The molecule has 0 aliphatic rings. The van der Waals surface area contributed by atoms with E-state index in [1.54, 1.807) is 11.3 Å². The lowest BCUT2D eigenvalue weighted by Crippen LogP contribution is -1.71. The second kappa shape index (κ2) is 3.60. The van der Waals surface area contributed by atoms with Gasteiger partial charge in [-0.1, -0.05) is 11.6 Å². The second-order valence-electron chi connectivity index (χ2n) is 3.99. The van der Waals surface area contributed by atoms with Crippen LogP contribution < -0.4 is 0 Å². The van der Waals surface area contributed by atoms with Gasteiger partial charge < -0.3 is 4.42 Å². The molecular weight excluding hydrogens is 289 g/mol. The van der Waals surface area contributed by atoms with Crippen molar-refractivity contribution in [3.8, 4) is 0 Å². The molecule has 0 amide bonds. The van der Waals surface area contributed by atoms with E-state index in [1.807, 2.05) is 30.3 Å². The summed E-state index contributed by atoms with van der Waals surface area (Å²) in [5.41, 5.74) is 1.50. The van der Waals surface area contributed by atoms with E-state index in [9.17, 15) is 0 Å². The van der Waals surface area contributed by atoms with Crippen LogP contribution in [0.25, 0.3) is 31.3 Å². The van der Waals surface area contributed by atoms with Crippen LogP contribution in [-0.4, -0.2) is 4.98 Å². The van der Waals surface area contributed by atoms with E-state index in [2.05, 4.69) is 4.98 Å². The third-order valence-corrected chi connectivity index (χ3v) is 4.46. The summed E-state index contributed by atoms with van der Waals surface area (Å²) in [6, 6.07) is 9.80. The van der Waals surface area contributed by atoms with Crippen molar-refractivity contribution in [1.29, 1.82) is 0 Å². The number of oxazole rings is 1. The van der Waals surface area contributed by atoms with E-state index < -0.39 is 0 Å². The van der Waals surface area contributed by atoms with Gasteiger partial charge in [-0.3, -0.25) is 0 Å². The summed E-state index contributed by atoms with van der Waals surface area (Å²) < 4.78 is 7.69. The van der Waals surface area contributed by atoms with Crippen molar-refractivity contribution < 1.29 is 4.42 Å². The Bertz CT molecular complexity index is 909. The zero-order valence-electron chi connectivity index (χ0n) is 8.91. The number of hydrogen-bond acceptors (Lipinski definition) is 3. The van der Waals surface area contributed by atoms with Crippen LogP contribution in [0.4, 0.5) is 0 Å². The first-order chi connectivity index (χ1) is 8.72. The SMILES string of the molecule is Clc1ccc2sc3ccc4oc(Cl)nc4c3c2c1. The fourth-order valence-electron chi connectivity index (χ4n) is 2.20. The van der Waals surface area contributed by atoms with E-state index in [0.29, 0.717) is 10.6 Å². The van der Waals surface area contributed by atoms with Crippen LogP contribution in [0.15, 0.2) is 34.7 Å². The predicted octanol–water partition coefficient (Wildman–Crippen LogP) is 5.50. The number of benzene rings is 2. The minimum atomic E-state index is 0.166. The van der Waals surface area contributed by atoms with E-state index in [4.69, 9.17) is 27.6 Å². The summed E-state index contributed by atoms with van der Waals surface area (Å²) in [5, 5.41) is 3.04. The van der Waals surface area contributed by atoms with Crippen LogP contribution in [0.3, 0.4) is 0 Å². The summed E-state index contributed by atoms with van der Waals surface area (Å²) in [6.07, 6.45) is 0. The van der Waals surface area contributed by atoms with Gasteiger partial charge in [0, 0.05) is 25.2 Å². The second-order valence-corrected chi connectivity index (χ2v) is 5.84. The van der Waals surface area contributed by atoms with Crippen molar-refractivity contribution in [3.05, 3.63) is 40.7 Å². The topological polar surface area (TPSA) is 26.0 Å². The van der Waals surface area contributed by atoms with Crippen LogP contribution in [0, 0.1) is 0 Å². The zero-order chi connectivity index (χ0) is 12.3. The molecule has 0 saturated heterocycles. The summed E-state index contributed by atoms with van der Waals surface area (Å²) >= 11 is 13.6. The molecule has 5 heteroatoms. The van der Waals surface area contributed by atoms with Gasteiger partial charge in [0.15, 0.2) is 5.58 Å². The highest BCUT2D eigenvalue weighted by atomic mass is 35.5. The molecule has 88 valence electrons. The number of hydrogen-bond donors (Lipinski definition) is 0. The van der Waals surface area contributed by atoms with Gasteiger partial charge >= 0.3 is 0 Å². The first kappa shape index (κ1) is 10.6. The normalized spacial score (nSPS) is 11.9. The van der Waals surface area contributed by atoms with E-state index in [-0.39, 0.29) is 5.35 Å². The molecule has 0 aliphatic carbocycles. The maximum atomic E-state index is 6.07. The smallest absolute Gasteiger partial charge is 0.293 e. The van der Waals surface area contributed by atoms with Crippen LogP contribution >= 0.6 is 34.5 Å². The zero-order valence-corrected chi connectivity index (χ0v) is 11.2. The van der Waals surface area contributed by atoms with Crippen LogP contribution in [0.5, 0.6) is 0 Å². The Morgan fingerprint density at radius 1 is 1.06 bits per heavy atom. The Morgan fingerprint density at radius 3 is 2.78 bits per heavy atom. The molecule has 2 aromatic heterocycles. The van der Waals surface area contributed by atoms with Crippen molar-refractivity contribution in [2.24, 2.45) is 0 Å². The Labute approximate surface area is 116 Å². The Hall–Kier alpha value is -1.29. The molecule has 0 atom stereocenters. The predicted molar refractivity (Wildman–Crippen MR) is 76.9 cm³/mol. The lowest BCUT2D eigenvalue weighted by Gasteiger charge is -1.93. The highest BCUT2D eigenvalue weighted by Gasteiger charge is 2.13. The fraction of sp³-hybridized carbons (Fsp3) is 0. The highest BCUT2D eigenvalue weighted by molar-refractivity contribution is 7.26. The molecule has 4 aromatic rings. The average molecular weight is 294 g/mol. The average Bonchev–Trinajstić information content (AvgIpc) is 2.87. The van der Waals surface area contributed by atoms with Crippen molar-refractivity contribution in [2.45, 2.75) is 0 Å². The minimum Gasteiger partial charge on any atom is -0.428 e. The largest absolute Gasteiger partial charge is 0.428 e. The number of nitrogens with zero attached hydrogens (tertiary/aromatic N) is 1. The van der Waals surface area contributed by atoms with Gasteiger partial charge in [-0.05, 0) is 41.9 Å². The van der Waals surface area contributed by atoms with Gasteiger partial charge in [0.25, 0.3) is 5.35 Å². The van der Waals surface area contributed by atoms with E-state index in [1.165, 1.54) is 4.70 Å². The van der Waals surface area contributed by atoms with Gasteiger partial charge in [0.05, 0.1) is 0 Å². The first-order valence-electron chi connectivity index (χ1n) is 5.29. The molecule has 0 radical (unpaired) electrons. The highest BCUT2D eigenvalue weighted by Crippen LogP contribution is 2.39. The number of fused-ring (bicyclic) bond motifs is 5. The monoisotopic (exact) mass is 293 g/mol. The third-order valence-electron chi connectivity index (χ3n) is 2.93. The minimum absolute atomic E-state index is 0.166. The lowest BCUT2D eigenvalue weighted by molar-refractivity contribution is 0.604. The molecule has 2 nitrogen and oxygen atoms in total. The van der Waals surface area contributed by atoms with Gasteiger partial charge in [0.1, 0.15) is 5.52 Å². The molecule has 0 saturated carbocycles. The Morgan fingerprint density at radius 2 is 1.89 bits per heavy atom. The fourth-order valence-corrected chi connectivity index (χ4v) is 3.63.